The molecule has 1 aromatic carbocycles. The van der Waals surface area contributed by atoms with Crippen LogP contribution >= 0.6 is 47.8 Å². The summed E-state index contributed by atoms with van der Waals surface area (Å²) >= 11 is 10.4. The van der Waals surface area contributed by atoms with Gasteiger partial charge in [0.1, 0.15) is 0 Å². The van der Waals surface area contributed by atoms with Crippen LogP contribution in [0.25, 0.3) is 0 Å². The van der Waals surface area contributed by atoms with Crippen molar-refractivity contribution in [1.82, 2.24) is 5.32 Å². The number of hydrogen-bond acceptors (Lipinski definition) is 2. The van der Waals surface area contributed by atoms with E-state index in [0.29, 0.717) is 0 Å². The topological polar surface area (TPSA) is 32.3 Å². The predicted molar refractivity (Wildman–Crippen MR) is 79.4 cm³/mol. The van der Waals surface area contributed by atoms with Crippen molar-refractivity contribution in [3.63, 3.8) is 0 Å². The third-order valence-corrected chi connectivity index (χ3v) is 4.47. The Morgan fingerprint density at radius 1 is 1.29 bits per heavy atom. The normalized spacial score (nSPS) is 20.1. The average molecular weight is 427 g/mol. The van der Waals surface area contributed by atoms with Crippen LogP contribution in [-0.2, 0) is 4.79 Å². The molecule has 1 N–H and O–H groups in total. The van der Waals surface area contributed by atoms with Gasteiger partial charge in [0.25, 0.3) is 0 Å². The quantitative estimate of drug-likeness (QED) is 0.787. The molecule has 92 valence electrons. The molecule has 1 heterocycles. The summed E-state index contributed by atoms with van der Waals surface area (Å²) < 4.78 is 2.78. The molecule has 0 spiro atoms. The lowest BCUT2D eigenvalue weighted by Crippen LogP contribution is -2.36. The molecule has 1 unspecified atom stereocenters. The maximum Gasteiger partial charge on any atom is 0.244 e. The van der Waals surface area contributed by atoms with Crippen molar-refractivity contribution < 1.29 is 4.79 Å². The van der Waals surface area contributed by atoms with E-state index in [1.54, 1.807) is 0 Å². The van der Waals surface area contributed by atoms with Crippen LogP contribution in [0, 0.1) is 0 Å². The van der Waals surface area contributed by atoms with Gasteiger partial charge >= 0.3 is 0 Å². The van der Waals surface area contributed by atoms with Crippen LogP contribution in [0.1, 0.15) is 6.42 Å². The zero-order chi connectivity index (χ0) is 12.6. The molecule has 0 radical (unpaired) electrons. The number of nitrogens with one attached hydrogen (secondary N) is 1. The zero-order valence-corrected chi connectivity index (χ0v) is 13.9. The van der Waals surface area contributed by atoms with Crippen LogP contribution in [0.3, 0.4) is 0 Å². The standard InChI is InChI=1S/C11H11Br3N2O/c1-15-9-2-3-16(11(9)17)10-7(13)4-6(12)5-8(10)14/h4-5,9,15H,2-3H2,1H3. The number of hydrogen-bond donors (Lipinski definition) is 1. The maximum atomic E-state index is 12.1. The maximum absolute atomic E-state index is 12.1. The smallest absolute Gasteiger partial charge is 0.244 e. The van der Waals surface area contributed by atoms with Gasteiger partial charge in [0.15, 0.2) is 0 Å². The van der Waals surface area contributed by atoms with Gasteiger partial charge in [0, 0.05) is 20.0 Å². The number of carbonyl (C=O) groups excluding carboxylic acids is 1. The van der Waals surface area contributed by atoms with Crippen molar-refractivity contribution in [3.8, 4) is 0 Å². The number of carbonyl (C=O) groups is 1. The van der Waals surface area contributed by atoms with E-state index in [9.17, 15) is 4.79 Å². The number of nitrogens with zero attached hydrogens (tertiary/aromatic N) is 1. The van der Waals surface area contributed by atoms with Gasteiger partial charge in [0.2, 0.25) is 5.91 Å². The van der Waals surface area contributed by atoms with E-state index in [1.807, 2.05) is 24.1 Å². The van der Waals surface area contributed by atoms with Gasteiger partial charge in [0.05, 0.1) is 11.7 Å². The Balaban J connectivity index is 2.39. The Bertz CT molecular complexity index is 441. The van der Waals surface area contributed by atoms with Gasteiger partial charge in [-0.2, -0.15) is 0 Å². The lowest BCUT2D eigenvalue weighted by Gasteiger charge is -2.20. The Morgan fingerprint density at radius 2 is 1.88 bits per heavy atom. The summed E-state index contributed by atoms with van der Waals surface area (Å²) in [6, 6.07) is 3.82. The molecule has 0 saturated carbocycles. The van der Waals surface area contributed by atoms with E-state index >= 15 is 0 Å². The summed E-state index contributed by atoms with van der Waals surface area (Å²) in [5.41, 5.74) is 0.899. The minimum Gasteiger partial charge on any atom is -0.309 e. The van der Waals surface area contributed by atoms with E-state index in [2.05, 4.69) is 53.1 Å². The lowest BCUT2D eigenvalue weighted by molar-refractivity contribution is -0.118. The summed E-state index contributed by atoms with van der Waals surface area (Å²) in [5, 5.41) is 3.03. The SMILES string of the molecule is CNC1CCN(c2c(Br)cc(Br)cc2Br)C1=O. The first kappa shape index (κ1) is 13.5. The molecule has 1 fully saturated rings. The minimum absolute atomic E-state index is 0.0718. The van der Waals surface area contributed by atoms with Crippen LogP contribution in [0.4, 0.5) is 5.69 Å². The van der Waals surface area contributed by atoms with Gasteiger partial charge in [-0.1, -0.05) is 15.9 Å². The van der Waals surface area contributed by atoms with Gasteiger partial charge in [-0.05, 0) is 57.5 Å². The first-order valence-electron chi connectivity index (χ1n) is 5.17. The first-order valence-corrected chi connectivity index (χ1v) is 7.55. The Morgan fingerprint density at radius 3 is 2.35 bits per heavy atom. The Labute approximate surface area is 125 Å². The van der Waals surface area contributed by atoms with E-state index < -0.39 is 0 Å². The highest BCUT2D eigenvalue weighted by molar-refractivity contribution is 9.11. The van der Waals surface area contributed by atoms with Crippen molar-refractivity contribution in [1.29, 1.82) is 0 Å². The second kappa shape index (κ2) is 5.38. The number of benzene rings is 1. The average Bonchev–Trinajstić information content (AvgIpc) is 2.59. The third kappa shape index (κ3) is 2.59. The Kier molecular flexibility index (Phi) is 4.28. The van der Waals surface area contributed by atoms with Gasteiger partial charge in [-0.25, -0.2) is 0 Å². The minimum atomic E-state index is -0.0718. The molecular weight excluding hydrogens is 416 g/mol. The number of likely N-dealkylation sites (N-methyl/N-ethyl adjacent to an activating group) is 1. The molecule has 1 aliphatic heterocycles. The fourth-order valence-electron chi connectivity index (χ4n) is 1.96. The van der Waals surface area contributed by atoms with Crippen LogP contribution in [0.5, 0.6) is 0 Å². The molecule has 1 amide bonds. The molecule has 17 heavy (non-hydrogen) atoms. The second-order valence-electron chi connectivity index (χ2n) is 3.84. The molecule has 3 nitrogen and oxygen atoms in total. The summed E-state index contributed by atoms with van der Waals surface area (Å²) in [6.45, 7) is 0.739. The highest BCUT2D eigenvalue weighted by Gasteiger charge is 2.33. The number of anilines is 1. The molecule has 0 bridgehead atoms. The molecule has 2 rings (SSSR count). The van der Waals surface area contributed by atoms with Crippen molar-refractivity contribution in [2.45, 2.75) is 12.5 Å². The highest BCUT2D eigenvalue weighted by Crippen LogP contribution is 2.38. The number of rotatable bonds is 2. The van der Waals surface area contributed by atoms with Crippen molar-refractivity contribution in [2.24, 2.45) is 0 Å². The monoisotopic (exact) mass is 424 g/mol. The van der Waals surface area contributed by atoms with E-state index in [1.165, 1.54) is 0 Å². The van der Waals surface area contributed by atoms with Gasteiger partial charge in [-0.15, -0.1) is 0 Å². The van der Waals surface area contributed by atoms with Crippen molar-refractivity contribution in [2.75, 3.05) is 18.5 Å². The van der Waals surface area contributed by atoms with Crippen LogP contribution in [0.2, 0.25) is 0 Å². The highest BCUT2D eigenvalue weighted by atomic mass is 79.9. The van der Waals surface area contributed by atoms with E-state index in [4.69, 9.17) is 0 Å². The summed E-state index contributed by atoms with van der Waals surface area (Å²) in [4.78, 5) is 13.9. The number of amides is 1. The van der Waals surface area contributed by atoms with E-state index in [0.717, 1.165) is 32.1 Å². The lowest BCUT2D eigenvalue weighted by atomic mass is 10.2. The molecule has 6 heteroatoms. The number of halogens is 3. The molecule has 1 aliphatic rings. The summed E-state index contributed by atoms with van der Waals surface area (Å²) in [6.07, 6.45) is 0.838. The van der Waals surface area contributed by atoms with Crippen LogP contribution in [-0.4, -0.2) is 25.5 Å². The summed E-state index contributed by atoms with van der Waals surface area (Å²) in [5.74, 6) is 0.122. The van der Waals surface area contributed by atoms with Crippen molar-refractivity contribution >= 4 is 59.4 Å². The van der Waals surface area contributed by atoms with Gasteiger partial charge < -0.3 is 10.2 Å². The van der Waals surface area contributed by atoms with Crippen LogP contribution in [0.15, 0.2) is 25.6 Å². The van der Waals surface area contributed by atoms with Crippen LogP contribution < -0.4 is 10.2 Å². The largest absolute Gasteiger partial charge is 0.309 e. The molecule has 0 aromatic heterocycles. The molecule has 1 atom stereocenters. The first-order chi connectivity index (χ1) is 8.04. The van der Waals surface area contributed by atoms with E-state index in [-0.39, 0.29) is 11.9 Å². The fourth-order valence-corrected chi connectivity index (χ4v) is 4.65. The second-order valence-corrected chi connectivity index (χ2v) is 6.46. The Hall–Kier alpha value is 0.0900. The predicted octanol–water partition coefficient (Wildman–Crippen LogP) is 3.30. The van der Waals surface area contributed by atoms with Gasteiger partial charge in [-0.3, -0.25) is 4.79 Å². The third-order valence-electron chi connectivity index (χ3n) is 2.81. The molecule has 1 saturated heterocycles. The van der Waals surface area contributed by atoms with Crippen molar-refractivity contribution in [3.05, 3.63) is 25.6 Å². The fraction of sp³-hybridized carbons (Fsp3) is 0.364. The molecule has 0 aliphatic carbocycles. The summed E-state index contributed by atoms with van der Waals surface area (Å²) in [7, 11) is 1.82. The molecule has 1 aromatic rings. The molecular formula is C11H11Br3N2O. The zero-order valence-electron chi connectivity index (χ0n) is 9.14.